The van der Waals surface area contributed by atoms with E-state index in [0.29, 0.717) is 22.2 Å². The van der Waals surface area contributed by atoms with Crippen molar-refractivity contribution in [3.8, 4) is 0 Å². The van der Waals surface area contributed by atoms with Crippen molar-refractivity contribution in [1.82, 2.24) is 4.57 Å². The number of nitrogens with zero attached hydrogens (tertiary/aromatic N) is 1. The Hall–Kier alpha value is -1.77. The fraction of sp³-hybridized carbons (Fsp3) is 0.0625. The Bertz CT molecular complexity index is 792. The Morgan fingerprint density at radius 3 is 2.75 bits per heavy atom. The van der Waals surface area contributed by atoms with Crippen molar-refractivity contribution in [2.24, 2.45) is 0 Å². The van der Waals surface area contributed by atoms with Crippen LogP contribution in [-0.2, 0) is 6.54 Å². The van der Waals surface area contributed by atoms with Crippen molar-refractivity contribution in [3.63, 3.8) is 0 Å². The summed E-state index contributed by atoms with van der Waals surface area (Å²) in [4.78, 5) is 10.9. The number of fused-ring (bicyclic) bond motifs is 1. The van der Waals surface area contributed by atoms with Crippen LogP contribution in [0.3, 0.4) is 0 Å². The summed E-state index contributed by atoms with van der Waals surface area (Å²) >= 11 is 12.3. The lowest BCUT2D eigenvalue weighted by Gasteiger charge is -2.09. The molecule has 20 heavy (non-hydrogen) atoms. The second-order valence-corrected chi connectivity index (χ2v) is 5.38. The quantitative estimate of drug-likeness (QED) is 0.636. The van der Waals surface area contributed by atoms with E-state index in [1.54, 1.807) is 6.07 Å². The molecular formula is C16H11Cl2NO. The van der Waals surface area contributed by atoms with E-state index >= 15 is 0 Å². The average Bonchev–Trinajstić information content (AvgIpc) is 2.86. The molecule has 0 amide bonds. The summed E-state index contributed by atoms with van der Waals surface area (Å²) < 4.78 is 2.06. The first-order valence-corrected chi connectivity index (χ1v) is 6.91. The summed E-state index contributed by atoms with van der Waals surface area (Å²) in [6.07, 6.45) is 2.83. The van der Waals surface area contributed by atoms with Gasteiger partial charge < -0.3 is 4.57 Å². The maximum atomic E-state index is 10.9. The fourth-order valence-corrected chi connectivity index (χ4v) is 2.65. The molecule has 0 fully saturated rings. The molecule has 0 aliphatic carbocycles. The molecular weight excluding hydrogens is 293 g/mol. The third-order valence-electron chi connectivity index (χ3n) is 3.31. The maximum Gasteiger partial charge on any atom is 0.150 e. The van der Waals surface area contributed by atoms with Crippen LogP contribution in [0.2, 0.25) is 10.0 Å². The summed E-state index contributed by atoms with van der Waals surface area (Å²) in [5, 5.41) is 2.21. The zero-order chi connectivity index (χ0) is 14.1. The van der Waals surface area contributed by atoms with Gasteiger partial charge in [-0.1, -0.05) is 47.5 Å². The standard InChI is InChI=1S/C16H11Cl2NO/c17-14-3-1-2-13(16(14)18)9-19-7-6-12-5-4-11(10-20)8-15(12)19/h1-8,10H,9H2. The Morgan fingerprint density at radius 2 is 1.95 bits per heavy atom. The van der Waals surface area contributed by atoms with E-state index in [4.69, 9.17) is 23.2 Å². The molecule has 1 heterocycles. The third-order valence-corrected chi connectivity index (χ3v) is 4.16. The van der Waals surface area contributed by atoms with Gasteiger partial charge in [-0.05, 0) is 29.1 Å². The Morgan fingerprint density at radius 1 is 1.10 bits per heavy atom. The number of halogens is 2. The molecule has 3 aromatic rings. The highest BCUT2D eigenvalue weighted by Crippen LogP contribution is 2.27. The molecule has 4 heteroatoms. The highest BCUT2D eigenvalue weighted by molar-refractivity contribution is 6.42. The zero-order valence-electron chi connectivity index (χ0n) is 10.5. The summed E-state index contributed by atoms with van der Waals surface area (Å²) in [7, 11) is 0. The second-order valence-electron chi connectivity index (χ2n) is 4.59. The molecule has 0 spiro atoms. The normalized spacial score (nSPS) is 10.9. The molecule has 0 atom stereocenters. The van der Waals surface area contributed by atoms with E-state index in [-0.39, 0.29) is 0 Å². The van der Waals surface area contributed by atoms with Gasteiger partial charge in [-0.2, -0.15) is 0 Å². The molecule has 0 aliphatic heterocycles. The van der Waals surface area contributed by atoms with E-state index in [0.717, 1.165) is 22.8 Å². The van der Waals surface area contributed by atoms with Crippen molar-refractivity contribution in [3.05, 3.63) is 69.8 Å². The van der Waals surface area contributed by atoms with E-state index in [9.17, 15) is 4.79 Å². The monoisotopic (exact) mass is 303 g/mol. The van der Waals surface area contributed by atoms with E-state index in [1.165, 1.54) is 0 Å². The molecule has 0 bridgehead atoms. The molecule has 2 nitrogen and oxygen atoms in total. The summed E-state index contributed by atoms with van der Waals surface area (Å²) in [5.74, 6) is 0. The molecule has 0 saturated carbocycles. The van der Waals surface area contributed by atoms with Gasteiger partial charge in [-0.15, -0.1) is 0 Å². The molecule has 0 N–H and O–H groups in total. The second kappa shape index (κ2) is 5.31. The smallest absolute Gasteiger partial charge is 0.150 e. The molecule has 0 saturated heterocycles. The van der Waals surface area contributed by atoms with Gasteiger partial charge in [0.2, 0.25) is 0 Å². The van der Waals surface area contributed by atoms with Gasteiger partial charge in [0, 0.05) is 23.8 Å². The SMILES string of the molecule is O=Cc1ccc2ccn(Cc3cccc(Cl)c3Cl)c2c1. The van der Waals surface area contributed by atoms with Crippen LogP contribution in [0.25, 0.3) is 10.9 Å². The van der Waals surface area contributed by atoms with Gasteiger partial charge in [0.15, 0.2) is 0 Å². The number of benzene rings is 2. The lowest BCUT2D eigenvalue weighted by molar-refractivity contribution is 0.112. The first-order valence-electron chi connectivity index (χ1n) is 6.16. The number of rotatable bonds is 3. The Labute approximate surface area is 126 Å². The van der Waals surface area contributed by atoms with Gasteiger partial charge in [0.05, 0.1) is 10.0 Å². The van der Waals surface area contributed by atoms with Crippen LogP contribution in [0, 0.1) is 0 Å². The highest BCUT2D eigenvalue weighted by atomic mass is 35.5. The predicted octanol–water partition coefficient (Wildman–Crippen LogP) is 4.81. The van der Waals surface area contributed by atoms with Crippen molar-refractivity contribution >= 4 is 40.4 Å². The summed E-state index contributed by atoms with van der Waals surface area (Å²) in [6, 6.07) is 13.2. The third kappa shape index (κ3) is 2.33. The molecule has 0 unspecified atom stereocenters. The van der Waals surface area contributed by atoms with Crippen molar-refractivity contribution in [2.45, 2.75) is 6.54 Å². The number of carbonyl (C=O) groups is 1. The van der Waals surface area contributed by atoms with E-state index in [1.807, 2.05) is 42.6 Å². The number of carbonyl (C=O) groups excluding carboxylic acids is 1. The molecule has 0 aliphatic rings. The number of hydrogen-bond acceptors (Lipinski definition) is 1. The van der Waals surface area contributed by atoms with Gasteiger partial charge in [0.25, 0.3) is 0 Å². The summed E-state index contributed by atoms with van der Waals surface area (Å²) in [5.41, 5.74) is 2.62. The summed E-state index contributed by atoms with van der Waals surface area (Å²) in [6.45, 7) is 0.616. The molecule has 0 radical (unpaired) electrons. The highest BCUT2D eigenvalue weighted by Gasteiger charge is 2.07. The van der Waals surface area contributed by atoms with Crippen molar-refractivity contribution in [2.75, 3.05) is 0 Å². The first-order chi connectivity index (χ1) is 9.69. The topological polar surface area (TPSA) is 22.0 Å². The lowest BCUT2D eigenvalue weighted by atomic mass is 10.2. The van der Waals surface area contributed by atoms with Crippen molar-refractivity contribution in [1.29, 1.82) is 0 Å². The van der Waals surface area contributed by atoms with Gasteiger partial charge in [-0.25, -0.2) is 0 Å². The Balaban J connectivity index is 2.06. The van der Waals surface area contributed by atoms with Crippen LogP contribution in [0.1, 0.15) is 15.9 Å². The zero-order valence-corrected chi connectivity index (χ0v) is 12.0. The first kappa shape index (κ1) is 13.2. The molecule has 2 aromatic carbocycles. The van der Waals surface area contributed by atoms with Crippen LogP contribution in [0.5, 0.6) is 0 Å². The predicted molar refractivity (Wildman–Crippen MR) is 82.9 cm³/mol. The number of hydrogen-bond donors (Lipinski definition) is 0. The van der Waals surface area contributed by atoms with Gasteiger partial charge >= 0.3 is 0 Å². The minimum Gasteiger partial charge on any atom is -0.343 e. The van der Waals surface area contributed by atoms with E-state index in [2.05, 4.69) is 4.57 Å². The van der Waals surface area contributed by atoms with Crippen molar-refractivity contribution < 1.29 is 4.79 Å². The number of aromatic nitrogens is 1. The largest absolute Gasteiger partial charge is 0.343 e. The maximum absolute atomic E-state index is 10.9. The van der Waals surface area contributed by atoms with Crippen LogP contribution >= 0.6 is 23.2 Å². The molecule has 100 valence electrons. The molecule has 1 aromatic heterocycles. The van der Waals surface area contributed by atoms with Crippen LogP contribution in [-0.4, -0.2) is 10.9 Å². The molecule has 3 rings (SSSR count). The van der Waals surface area contributed by atoms with Crippen LogP contribution in [0.15, 0.2) is 48.7 Å². The Kier molecular flexibility index (Phi) is 3.51. The van der Waals surface area contributed by atoms with Crippen LogP contribution in [0.4, 0.5) is 0 Å². The lowest BCUT2D eigenvalue weighted by Crippen LogP contribution is -1.99. The van der Waals surface area contributed by atoms with Gasteiger partial charge in [-0.3, -0.25) is 4.79 Å². The van der Waals surface area contributed by atoms with E-state index < -0.39 is 0 Å². The van der Waals surface area contributed by atoms with Crippen LogP contribution < -0.4 is 0 Å². The number of aldehydes is 1. The minimum absolute atomic E-state index is 0.550. The minimum atomic E-state index is 0.550. The average molecular weight is 304 g/mol. The fourth-order valence-electron chi connectivity index (χ4n) is 2.27. The van der Waals surface area contributed by atoms with Gasteiger partial charge in [0.1, 0.15) is 6.29 Å².